The summed E-state index contributed by atoms with van der Waals surface area (Å²) in [5.74, 6) is -0.427. The van der Waals surface area contributed by atoms with Crippen LogP contribution in [0.25, 0.3) is 0 Å². The van der Waals surface area contributed by atoms with E-state index in [-0.39, 0.29) is 36.2 Å². The molecule has 0 spiro atoms. The molecule has 0 radical (unpaired) electrons. The van der Waals surface area contributed by atoms with Crippen molar-refractivity contribution < 1.29 is 18.0 Å². The second kappa shape index (κ2) is 9.70. The minimum absolute atomic E-state index is 0. The van der Waals surface area contributed by atoms with Crippen LogP contribution in [0.2, 0.25) is 0 Å². The van der Waals surface area contributed by atoms with Gasteiger partial charge in [-0.1, -0.05) is 19.1 Å². The number of nitrogens with two attached hydrogens (primary N) is 1. The predicted octanol–water partition coefficient (Wildman–Crippen LogP) is 3.18. The number of nitrogens with one attached hydrogen (secondary N) is 2. The van der Waals surface area contributed by atoms with Gasteiger partial charge in [-0.05, 0) is 18.6 Å². The van der Waals surface area contributed by atoms with Crippen molar-refractivity contribution >= 4 is 42.1 Å². The van der Waals surface area contributed by atoms with E-state index < -0.39 is 24.7 Å². The molecule has 0 saturated heterocycles. The summed E-state index contributed by atoms with van der Waals surface area (Å²) < 4.78 is 36.4. The molecule has 1 rings (SSSR count). The molecule has 1 amide bonds. The van der Waals surface area contributed by atoms with Gasteiger partial charge in [0, 0.05) is 0 Å². The van der Waals surface area contributed by atoms with E-state index in [2.05, 4.69) is 10.6 Å². The third-order valence-corrected chi connectivity index (χ3v) is 2.44. The number of para-hydroxylation sites is 2. The number of halogens is 5. The number of anilines is 2. The van der Waals surface area contributed by atoms with Crippen molar-refractivity contribution in [2.75, 3.05) is 17.2 Å². The van der Waals surface area contributed by atoms with E-state index in [0.717, 1.165) is 0 Å². The molecule has 9 heteroatoms. The molecular weight excluding hydrogens is 330 g/mol. The number of rotatable bonds is 5. The Bertz CT molecular complexity index is 444. The zero-order valence-corrected chi connectivity index (χ0v) is 12.9. The van der Waals surface area contributed by atoms with E-state index in [1.165, 1.54) is 12.1 Å². The fourth-order valence-electron chi connectivity index (χ4n) is 1.35. The Morgan fingerprint density at radius 2 is 1.76 bits per heavy atom. The van der Waals surface area contributed by atoms with Gasteiger partial charge in [0.25, 0.3) is 0 Å². The molecule has 4 nitrogen and oxygen atoms in total. The number of amides is 1. The van der Waals surface area contributed by atoms with Crippen LogP contribution in [-0.4, -0.2) is 24.7 Å². The molecular formula is C12H18Cl2F3N3O. The molecule has 0 fully saturated rings. The smallest absolute Gasteiger partial charge is 0.375 e. The van der Waals surface area contributed by atoms with Gasteiger partial charge in [-0.15, -0.1) is 24.8 Å². The molecule has 0 saturated carbocycles. The average Bonchev–Trinajstić information content (AvgIpc) is 2.35. The highest BCUT2D eigenvalue weighted by atomic mass is 35.5. The van der Waals surface area contributed by atoms with Gasteiger partial charge in [-0.2, -0.15) is 13.2 Å². The average molecular weight is 348 g/mol. The van der Waals surface area contributed by atoms with Gasteiger partial charge in [-0.3, -0.25) is 4.79 Å². The fraction of sp³-hybridized carbons (Fsp3) is 0.417. The lowest BCUT2D eigenvalue weighted by Gasteiger charge is -2.16. The predicted molar refractivity (Wildman–Crippen MR) is 82.4 cm³/mol. The zero-order valence-electron chi connectivity index (χ0n) is 11.2. The van der Waals surface area contributed by atoms with Gasteiger partial charge in [0.1, 0.15) is 6.54 Å². The number of carbonyl (C=O) groups is 1. The van der Waals surface area contributed by atoms with Crippen molar-refractivity contribution in [1.82, 2.24) is 0 Å². The van der Waals surface area contributed by atoms with E-state index in [1.807, 2.05) is 0 Å². The quantitative estimate of drug-likeness (QED) is 0.766. The minimum Gasteiger partial charge on any atom is -0.375 e. The fourth-order valence-corrected chi connectivity index (χ4v) is 1.35. The van der Waals surface area contributed by atoms with E-state index in [4.69, 9.17) is 5.73 Å². The van der Waals surface area contributed by atoms with Crippen molar-refractivity contribution in [1.29, 1.82) is 0 Å². The Hall–Kier alpha value is -1.18. The van der Waals surface area contributed by atoms with Crippen molar-refractivity contribution in [2.24, 2.45) is 5.73 Å². The molecule has 0 heterocycles. The molecule has 1 atom stereocenters. The summed E-state index contributed by atoms with van der Waals surface area (Å²) in [6.45, 7) is 0.581. The highest BCUT2D eigenvalue weighted by Crippen LogP contribution is 2.23. The lowest BCUT2D eigenvalue weighted by atomic mass is 10.2. The lowest BCUT2D eigenvalue weighted by molar-refractivity contribution is -0.117. The van der Waals surface area contributed by atoms with Crippen LogP contribution in [0, 0.1) is 0 Å². The third kappa shape index (κ3) is 7.99. The van der Waals surface area contributed by atoms with E-state index in [1.54, 1.807) is 19.1 Å². The van der Waals surface area contributed by atoms with E-state index in [9.17, 15) is 18.0 Å². The van der Waals surface area contributed by atoms with Gasteiger partial charge in [0.2, 0.25) is 5.91 Å². The number of carbonyl (C=O) groups excluding carboxylic acids is 1. The van der Waals surface area contributed by atoms with Crippen molar-refractivity contribution in [3.05, 3.63) is 24.3 Å². The van der Waals surface area contributed by atoms with Crippen LogP contribution in [0.1, 0.15) is 13.3 Å². The highest BCUT2D eigenvalue weighted by molar-refractivity contribution is 5.97. The SMILES string of the molecule is CC[C@H](N)C(=O)Nc1ccccc1NCC(F)(F)F.Cl.Cl. The van der Waals surface area contributed by atoms with Crippen LogP contribution >= 0.6 is 24.8 Å². The summed E-state index contributed by atoms with van der Waals surface area (Å²) in [6.07, 6.45) is -3.87. The molecule has 0 aliphatic rings. The molecule has 0 bridgehead atoms. The molecule has 1 aromatic carbocycles. The molecule has 0 aliphatic carbocycles. The van der Waals surface area contributed by atoms with Gasteiger partial charge < -0.3 is 16.4 Å². The Kier molecular flexibility index (Phi) is 10.2. The Morgan fingerprint density at radius 1 is 1.24 bits per heavy atom. The highest BCUT2D eigenvalue weighted by Gasteiger charge is 2.27. The van der Waals surface area contributed by atoms with Crippen molar-refractivity contribution in [2.45, 2.75) is 25.6 Å². The molecule has 1 aromatic rings. The first-order valence-corrected chi connectivity index (χ1v) is 5.79. The first-order chi connectivity index (χ1) is 8.83. The number of hydrogen-bond acceptors (Lipinski definition) is 3. The monoisotopic (exact) mass is 347 g/mol. The Balaban J connectivity index is 0. The van der Waals surface area contributed by atoms with Gasteiger partial charge in [-0.25, -0.2) is 0 Å². The molecule has 4 N–H and O–H groups in total. The summed E-state index contributed by atoms with van der Waals surface area (Å²) in [5.41, 5.74) is 6.03. The van der Waals surface area contributed by atoms with Crippen LogP contribution in [0.5, 0.6) is 0 Å². The molecule has 0 unspecified atom stereocenters. The minimum atomic E-state index is -4.32. The van der Waals surface area contributed by atoms with Gasteiger partial charge in [0.15, 0.2) is 0 Å². The lowest BCUT2D eigenvalue weighted by Crippen LogP contribution is -2.35. The molecule has 0 aromatic heterocycles. The topological polar surface area (TPSA) is 67.2 Å². The second-order valence-electron chi connectivity index (χ2n) is 4.02. The summed E-state index contributed by atoms with van der Waals surface area (Å²) >= 11 is 0. The van der Waals surface area contributed by atoms with Crippen LogP contribution in [0.15, 0.2) is 24.3 Å². The largest absolute Gasteiger partial charge is 0.405 e. The van der Waals surface area contributed by atoms with Crippen LogP contribution < -0.4 is 16.4 Å². The maximum absolute atomic E-state index is 12.1. The van der Waals surface area contributed by atoms with E-state index in [0.29, 0.717) is 6.42 Å². The Morgan fingerprint density at radius 3 is 2.24 bits per heavy atom. The van der Waals surface area contributed by atoms with Gasteiger partial charge >= 0.3 is 6.18 Å². The number of benzene rings is 1. The van der Waals surface area contributed by atoms with Crippen LogP contribution in [-0.2, 0) is 4.79 Å². The number of hydrogen-bond donors (Lipinski definition) is 3. The van der Waals surface area contributed by atoms with Crippen molar-refractivity contribution in [3.63, 3.8) is 0 Å². The maximum Gasteiger partial charge on any atom is 0.405 e. The second-order valence-corrected chi connectivity index (χ2v) is 4.02. The molecule has 0 aliphatic heterocycles. The third-order valence-electron chi connectivity index (χ3n) is 2.44. The van der Waals surface area contributed by atoms with Crippen LogP contribution in [0.4, 0.5) is 24.5 Å². The summed E-state index contributed by atoms with van der Waals surface area (Å²) in [7, 11) is 0. The first kappa shape index (κ1) is 22.1. The number of alkyl halides is 3. The zero-order chi connectivity index (χ0) is 14.5. The molecule has 21 heavy (non-hydrogen) atoms. The Labute approximate surface area is 133 Å². The molecule has 122 valence electrons. The first-order valence-electron chi connectivity index (χ1n) is 5.79. The summed E-state index contributed by atoms with van der Waals surface area (Å²) in [6, 6.07) is 5.48. The normalized spacial score (nSPS) is 11.7. The standard InChI is InChI=1S/C12H16F3N3O.2ClH/c1-2-8(16)11(19)18-10-6-4-3-5-9(10)17-7-12(13,14)15;;/h3-6,8,17H,2,7,16H2,1H3,(H,18,19);2*1H/t8-;;/m0../s1. The van der Waals surface area contributed by atoms with Crippen molar-refractivity contribution in [3.8, 4) is 0 Å². The van der Waals surface area contributed by atoms with E-state index >= 15 is 0 Å². The summed E-state index contributed by atoms with van der Waals surface area (Å²) in [5, 5.41) is 4.74. The maximum atomic E-state index is 12.1. The van der Waals surface area contributed by atoms with Crippen LogP contribution in [0.3, 0.4) is 0 Å². The summed E-state index contributed by atoms with van der Waals surface area (Å²) in [4.78, 5) is 11.6. The van der Waals surface area contributed by atoms with Gasteiger partial charge in [0.05, 0.1) is 17.4 Å².